The second-order valence-corrected chi connectivity index (χ2v) is 9.65. The molecule has 0 radical (unpaired) electrons. The molecule has 158 valence electrons. The summed E-state index contributed by atoms with van der Waals surface area (Å²) in [4.78, 5) is 22.7. The van der Waals surface area contributed by atoms with Crippen molar-refractivity contribution in [3.05, 3.63) is 18.0 Å². The van der Waals surface area contributed by atoms with Crippen molar-refractivity contribution < 1.29 is 9.53 Å². The van der Waals surface area contributed by atoms with Crippen LogP contribution in [0.2, 0.25) is 0 Å². The highest BCUT2D eigenvalue weighted by Gasteiger charge is 2.57. The average molecular weight is 399 g/mol. The minimum atomic E-state index is -0.355. The van der Waals surface area contributed by atoms with Crippen molar-refractivity contribution in [3.8, 4) is 0 Å². The van der Waals surface area contributed by atoms with Gasteiger partial charge in [-0.2, -0.15) is 0 Å². The molecule has 2 heterocycles. The molecule has 0 bridgehead atoms. The maximum Gasteiger partial charge on any atom is 0.341 e. The molecule has 3 saturated carbocycles. The van der Waals surface area contributed by atoms with Gasteiger partial charge in [0.2, 0.25) is 5.95 Å². The Kier molecular flexibility index (Phi) is 5.46. The van der Waals surface area contributed by atoms with Gasteiger partial charge < -0.3 is 15.0 Å². The predicted octanol–water partition coefficient (Wildman–Crippen LogP) is 3.14. The van der Waals surface area contributed by atoms with Gasteiger partial charge in [-0.05, 0) is 94.0 Å². The highest BCUT2D eigenvalue weighted by molar-refractivity contribution is 5.88. The van der Waals surface area contributed by atoms with Crippen LogP contribution in [0.1, 0.15) is 55.8 Å². The van der Waals surface area contributed by atoms with Crippen molar-refractivity contribution in [2.24, 2.45) is 35.5 Å². The van der Waals surface area contributed by atoms with Crippen LogP contribution in [0.15, 0.2) is 12.4 Å². The van der Waals surface area contributed by atoms with Crippen LogP contribution in [-0.4, -0.2) is 48.7 Å². The second kappa shape index (κ2) is 8.21. The zero-order valence-electron chi connectivity index (χ0n) is 17.6. The molecule has 4 aliphatic rings. The number of piperidine rings is 1. The maximum atomic E-state index is 11.7. The van der Waals surface area contributed by atoms with Crippen LogP contribution in [0.3, 0.4) is 0 Å². The van der Waals surface area contributed by atoms with Crippen molar-refractivity contribution in [1.29, 1.82) is 0 Å². The predicted molar refractivity (Wildman–Crippen MR) is 112 cm³/mol. The fraction of sp³-hybridized carbons (Fsp3) is 0.783. The minimum Gasteiger partial charge on any atom is -0.462 e. The van der Waals surface area contributed by atoms with E-state index < -0.39 is 0 Å². The normalized spacial score (nSPS) is 33.4. The molecule has 1 N–H and O–H groups in total. The summed E-state index contributed by atoms with van der Waals surface area (Å²) in [6, 6.07) is 0. The SMILES string of the molecule is CCOC(=O)c1cnc(N2CCC(CNC[C@H]3CCC4CC5CC3C45)CC2)nc1. The number of rotatable bonds is 7. The summed E-state index contributed by atoms with van der Waals surface area (Å²) in [7, 11) is 0. The van der Waals surface area contributed by atoms with E-state index in [1.165, 1.54) is 38.6 Å². The third-order valence-corrected chi connectivity index (χ3v) is 8.16. The van der Waals surface area contributed by atoms with Crippen LogP contribution >= 0.6 is 0 Å². The Morgan fingerprint density at radius 3 is 2.62 bits per heavy atom. The van der Waals surface area contributed by atoms with Gasteiger partial charge in [0.05, 0.1) is 12.2 Å². The smallest absolute Gasteiger partial charge is 0.341 e. The molecule has 0 aromatic carbocycles. The molecule has 29 heavy (non-hydrogen) atoms. The molecule has 1 aromatic rings. The monoisotopic (exact) mass is 398 g/mol. The Labute approximate surface area is 173 Å². The van der Waals surface area contributed by atoms with Gasteiger partial charge in [0.25, 0.3) is 0 Å². The van der Waals surface area contributed by atoms with Gasteiger partial charge in [0.15, 0.2) is 0 Å². The molecule has 6 heteroatoms. The van der Waals surface area contributed by atoms with Crippen molar-refractivity contribution >= 4 is 11.9 Å². The lowest BCUT2D eigenvalue weighted by molar-refractivity contribution is -0.147. The topological polar surface area (TPSA) is 67.3 Å². The number of nitrogens with zero attached hydrogens (tertiary/aromatic N) is 3. The third kappa shape index (κ3) is 3.76. The molecular weight excluding hydrogens is 364 g/mol. The molecule has 1 saturated heterocycles. The van der Waals surface area contributed by atoms with E-state index in [4.69, 9.17) is 4.74 Å². The van der Waals surface area contributed by atoms with E-state index in [-0.39, 0.29) is 5.97 Å². The standard InChI is InChI=1S/C23H34N4O2/c1-2-29-22(28)19-13-25-23(26-14-19)27-7-5-15(6-8-27)11-24-12-17-4-3-16-9-18-10-20(17)21(16)18/h13-18,20-21,24H,2-12H2,1H3/t16?,17-,18?,20?,21?/m1/s1. The summed E-state index contributed by atoms with van der Waals surface area (Å²) in [6.45, 7) is 6.53. The van der Waals surface area contributed by atoms with E-state index in [1.807, 2.05) is 0 Å². The molecule has 1 aromatic heterocycles. The number of carbonyl (C=O) groups is 1. The number of carbonyl (C=O) groups excluding carboxylic acids is 1. The molecule has 4 fully saturated rings. The lowest BCUT2D eigenvalue weighted by atomic mass is 9.41. The van der Waals surface area contributed by atoms with Gasteiger partial charge >= 0.3 is 5.97 Å². The summed E-state index contributed by atoms with van der Waals surface area (Å²) >= 11 is 0. The van der Waals surface area contributed by atoms with Gasteiger partial charge in [-0.15, -0.1) is 0 Å². The van der Waals surface area contributed by atoms with Crippen LogP contribution in [-0.2, 0) is 4.74 Å². The Hall–Kier alpha value is -1.69. The number of aromatic nitrogens is 2. The first-order valence-electron chi connectivity index (χ1n) is 11.7. The Morgan fingerprint density at radius 2 is 1.90 bits per heavy atom. The van der Waals surface area contributed by atoms with Crippen molar-refractivity contribution in [2.45, 2.75) is 45.4 Å². The number of nitrogens with one attached hydrogen (secondary N) is 1. The van der Waals surface area contributed by atoms with E-state index in [2.05, 4.69) is 20.2 Å². The largest absolute Gasteiger partial charge is 0.462 e. The zero-order valence-corrected chi connectivity index (χ0v) is 17.6. The lowest BCUT2D eigenvalue weighted by Gasteiger charge is -2.64. The first kappa shape index (κ1) is 19.3. The van der Waals surface area contributed by atoms with E-state index in [1.54, 1.807) is 25.7 Å². The van der Waals surface area contributed by atoms with E-state index in [0.29, 0.717) is 12.2 Å². The van der Waals surface area contributed by atoms with Gasteiger partial charge in [-0.3, -0.25) is 0 Å². The summed E-state index contributed by atoms with van der Waals surface area (Å²) in [6.07, 6.45) is 11.6. The lowest BCUT2D eigenvalue weighted by Crippen LogP contribution is -2.58. The highest BCUT2D eigenvalue weighted by atomic mass is 16.5. The van der Waals surface area contributed by atoms with Gasteiger partial charge in [-0.1, -0.05) is 0 Å². The minimum absolute atomic E-state index is 0.355. The average Bonchev–Trinajstić information content (AvgIpc) is 2.72. The Balaban J connectivity index is 1.03. The number of esters is 1. The first-order valence-corrected chi connectivity index (χ1v) is 11.7. The van der Waals surface area contributed by atoms with Crippen molar-refractivity contribution in [2.75, 3.05) is 37.7 Å². The van der Waals surface area contributed by atoms with Gasteiger partial charge in [-0.25, -0.2) is 14.8 Å². The number of anilines is 1. The quantitative estimate of drug-likeness (QED) is 0.712. The number of ether oxygens (including phenoxy) is 1. The Morgan fingerprint density at radius 1 is 1.10 bits per heavy atom. The van der Waals surface area contributed by atoms with Gasteiger partial charge in [0.1, 0.15) is 0 Å². The molecule has 0 spiro atoms. The number of hydrogen-bond acceptors (Lipinski definition) is 6. The molecule has 0 amide bonds. The van der Waals surface area contributed by atoms with E-state index >= 15 is 0 Å². The summed E-state index contributed by atoms with van der Waals surface area (Å²) in [5, 5.41) is 3.82. The van der Waals surface area contributed by atoms with Crippen LogP contribution in [0.4, 0.5) is 5.95 Å². The second-order valence-electron chi connectivity index (χ2n) is 9.65. The highest BCUT2D eigenvalue weighted by Crippen LogP contribution is 2.64. The van der Waals surface area contributed by atoms with Crippen LogP contribution in [0, 0.1) is 35.5 Å². The molecule has 5 rings (SSSR count). The number of hydrogen-bond donors (Lipinski definition) is 1. The first-order chi connectivity index (χ1) is 14.2. The van der Waals surface area contributed by atoms with Crippen LogP contribution in [0.5, 0.6) is 0 Å². The van der Waals surface area contributed by atoms with Crippen molar-refractivity contribution in [1.82, 2.24) is 15.3 Å². The molecule has 6 nitrogen and oxygen atoms in total. The van der Waals surface area contributed by atoms with Gasteiger partial charge in [0, 0.05) is 25.5 Å². The van der Waals surface area contributed by atoms with E-state index in [0.717, 1.165) is 61.1 Å². The molecule has 4 unspecified atom stereocenters. The summed E-state index contributed by atoms with van der Waals surface area (Å²) < 4.78 is 4.99. The summed E-state index contributed by atoms with van der Waals surface area (Å²) in [5.41, 5.74) is 0.420. The maximum absolute atomic E-state index is 11.7. The van der Waals surface area contributed by atoms with E-state index in [9.17, 15) is 4.79 Å². The zero-order chi connectivity index (χ0) is 19.8. The molecule has 5 atom stereocenters. The Bertz CT molecular complexity index is 716. The van der Waals surface area contributed by atoms with Crippen LogP contribution < -0.4 is 10.2 Å². The fourth-order valence-electron chi connectivity index (χ4n) is 6.48. The third-order valence-electron chi connectivity index (χ3n) is 8.16. The molecule has 1 aliphatic heterocycles. The van der Waals surface area contributed by atoms with Crippen molar-refractivity contribution in [3.63, 3.8) is 0 Å². The molecule has 3 aliphatic carbocycles. The van der Waals surface area contributed by atoms with Crippen LogP contribution in [0.25, 0.3) is 0 Å². The summed E-state index contributed by atoms with van der Waals surface area (Å²) in [5.74, 6) is 6.45. The molecular formula is C23H34N4O2. The fourth-order valence-corrected chi connectivity index (χ4v) is 6.48.